The van der Waals surface area contributed by atoms with Crippen LogP contribution in [0.5, 0.6) is 0 Å². The summed E-state index contributed by atoms with van der Waals surface area (Å²) in [7, 11) is 1.26. The van der Waals surface area contributed by atoms with E-state index in [0.29, 0.717) is 17.9 Å². The van der Waals surface area contributed by atoms with Gasteiger partial charge in [0.1, 0.15) is 0 Å². The molecular weight excluding hydrogens is 320 g/mol. The smallest absolute Gasteiger partial charge is 0.338 e. The number of esters is 2. The minimum atomic E-state index is -0.464. The van der Waals surface area contributed by atoms with Gasteiger partial charge in [-0.25, -0.2) is 4.79 Å². The average Bonchev–Trinajstić information content (AvgIpc) is 2.53. The SMILES string of the molecule is CCOC(=O)c1ccc(NC(=S)NC(=O)CCC(=O)OC)cc1. The van der Waals surface area contributed by atoms with Crippen LogP contribution in [0.2, 0.25) is 0 Å². The van der Waals surface area contributed by atoms with Gasteiger partial charge in [0.25, 0.3) is 0 Å². The number of hydrogen-bond donors (Lipinski definition) is 2. The van der Waals surface area contributed by atoms with E-state index in [1.807, 2.05) is 0 Å². The van der Waals surface area contributed by atoms with Crippen LogP contribution in [0.3, 0.4) is 0 Å². The highest BCUT2D eigenvalue weighted by Gasteiger charge is 2.09. The lowest BCUT2D eigenvalue weighted by molar-refractivity contribution is -0.142. The van der Waals surface area contributed by atoms with Crippen LogP contribution in [0, 0.1) is 0 Å². The van der Waals surface area contributed by atoms with Crippen LogP contribution < -0.4 is 10.6 Å². The molecule has 0 atom stereocenters. The molecule has 124 valence electrons. The van der Waals surface area contributed by atoms with E-state index in [9.17, 15) is 14.4 Å². The zero-order chi connectivity index (χ0) is 17.2. The number of carbonyl (C=O) groups is 3. The fourth-order valence-electron chi connectivity index (χ4n) is 1.57. The normalized spacial score (nSPS) is 9.65. The van der Waals surface area contributed by atoms with Crippen LogP contribution in [0.25, 0.3) is 0 Å². The van der Waals surface area contributed by atoms with Crippen molar-refractivity contribution in [1.82, 2.24) is 5.32 Å². The van der Waals surface area contributed by atoms with Crippen LogP contribution in [0.15, 0.2) is 24.3 Å². The van der Waals surface area contributed by atoms with Gasteiger partial charge in [-0.1, -0.05) is 0 Å². The standard InChI is InChI=1S/C15H18N2O5S/c1-3-22-14(20)10-4-6-11(7-5-10)16-15(23)17-12(18)8-9-13(19)21-2/h4-7H,3,8-9H2,1-2H3,(H2,16,17,18,23). The summed E-state index contributed by atoms with van der Waals surface area (Å²) >= 11 is 5.00. The van der Waals surface area contributed by atoms with E-state index >= 15 is 0 Å². The van der Waals surface area contributed by atoms with Gasteiger partial charge in [0.15, 0.2) is 5.11 Å². The van der Waals surface area contributed by atoms with Crippen molar-refractivity contribution < 1.29 is 23.9 Å². The third-order valence-electron chi connectivity index (χ3n) is 2.69. The number of nitrogens with one attached hydrogen (secondary N) is 2. The molecule has 0 heterocycles. The van der Waals surface area contributed by atoms with E-state index in [4.69, 9.17) is 17.0 Å². The second kappa shape index (κ2) is 9.52. The van der Waals surface area contributed by atoms with Gasteiger partial charge in [-0.2, -0.15) is 0 Å². The first-order valence-electron chi connectivity index (χ1n) is 6.91. The monoisotopic (exact) mass is 338 g/mol. The molecule has 1 amide bonds. The summed E-state index contributed by atoms with van der Waals surface area (Å²) < 4.78 is 9.32. The molecule has 7 nitrogen and oxygen atoms in total. The van der Waals surface area contributed by atoms with Crippen LogP contribution in [0.1, 0.15) is 30.1 Å². The number of hydrogen-bond acceptors (Lipinski definition) is 6. The minimum absolute atomic E-state index is 0.0147. The summed E-state index contributed by atoms with van der Waals surface area (Å²) in [6.07, 6.45) is -0.0323. The fourth-order valence-corrected chi connectivity index (χ4v) is 1.80. The molecule has 0 aliphatic rings. The van der Waals surface area contributed by atoms with Gasteiger partial charge in [0.05, 0.1) is 25.7 Å². The van der Waals surface area contributed by atoms with Gasteiger partial charge in [-0.15, -0.1) is 0 Å². The highest BCUT2D eigenvalue weighted by molar-refractivity contribution is 7.80. The Bertz CT molecular complexity index is 586. The summed E-state index contributed by atoms with van der Waals surface area (Å²) in [5, 5.41) is 5.35. The highest BCUT2D eigenvalue weighted by Crippen LogP contribution is 2.10. The zero-order valence-corrected chi connectivity index (χ0v) is 13.7. The Balaban J connectivity index is 2.46. The van der Waals surface area contributed by atoms with Crippen molar-refractivity contribution in [3.8, 4) is 0 Å². The maximum Gasteiger partial charge on any atom is 0.338 e. The van der Waals surface area contributed by atoms with Crippen molar-refractivity contribution in [2.75, 3.05) is 19.0 Å². The van der Waals surface area contributed by atoms with Crippen molar-refractivity contribution in [1.29, 1.82) is 0 Å². The molecule has 0 spiro atoms. The molecule has 23 heavy (non-hydrogen) atoms. The third-order valence-corrected chi connectivity index (χ3v) is 2.89. The van der Waals surface area contributed by atoms with E-state index in [0.717, 1.165) is 0 Å². The predicted octanol–water partition coefficient (Wildman–Crippen LogP) is 1.63. The molecule has 0 fully saturated rings. The molecule has 0 aliphatic carbocycles. The average molecular weight is 338 g/mol. The minimum Gasteiger partial charge on any atom is -0.469 e. The van der Waals surface area contributed by atoms with Gasteiger partial charge < -0.3 is 20.1 Å². The number of amides is 1. The molecule has 0 aliphatic heterocycles. The molecule has 0 bridgehead atoms. The molecule has 0 saturated carbocycles. The summed E-state index contributed by atoms with van der Waals surface area (Å²) in [6, 6.07) is 6.45. The Kier molecular flexibility index (Phi) is 7.69. The number of carbonyl (C=O) groups excluding carboxylic acids is 3. The molecule has 2 N–H and O–H groups in total. The molecule has 1 rings (SSSR count). The van der Waals surface area contributed by atoms with Gasteiger partial charge in [0.2, 0.25) is 5.91 Å². The van der Waals surface area contributed by atoms with Crippen molar-refractivity contribution in [3.05, 3.63) is 29.8 Å². The first-order chi connectivity index (χ1) is 11.0. The van der Waals surface area contributed by atoms with E-state index in [1.165, 1.54) is 7.11 Å². The summed E-state index contributed by atoms with van der Waals surface area (Å²) in [5.41, 5.74) is 1.03. The Hall–Kier alpha value is -2.48. The first-order valence-corrected chi connectivity index (χ1v) is 7.32. The van der Waals surface area contributed by atoms with Crippen LogP contribution in [-0.2, 0) is 19.1 Å². The maximum absolute atomic E-state index is 11.6. The van der Waals surface area contributed by atoms with Gasteiger partial charge in [0, 0.05) is 12.1 Å². The van der Waals surface area contributed by atoms with Crippen LogP contribution in [-0.4, -0.2) is 36.7 Å². The number of anilines is 1. The molecule has 8 heteroatoms. The number of thiocarbonyl (C=S) groups is 1. The molecule has 0 saturated heterocycles. The topological polar surface area (TPSA) is 93.7 Å². The van der Waals surface area contributed by atoms with Gasteiger partial charge in [-0.3, -0.25) is 9.59 Å². The fraction of sp³-hybridized carbons (Fsp3) is 0.333. The molecular formula is C15H18N2O5S. The van der Waals surface area contributed by atoms with E-state index in [1.54, 1.807) is 31.2 Å². The number of ether oxygens (including phenoxy) is 2. The summed E-state index contributed by atoms with van der Waals surface area (Å²) in [4.78, 5) is 34.0. The van der Waals surface area contributed by atoms with Crippen molar-refractivity contribution >= 4 is 40.9 Å². The lowest BCUT2D eigenvalue weighted by atomic mass is 10.2. The van der Waals surface area contributed by atoms with Crippen molar-refractivity contribution in [2.24, 2.45) is 0 Å². The Morgan fingerprint density at radius 1 is 1.13 bits per heavy atom. The van der Waals surface area contributed by atoms with E-state index in [2.05, 4.69) is 15.4 Å². The van der Waals surface area contributed by atoms with Crippen molar-refractivity contribution in [2.45, 2.75) is 19.8 Å². The van der Waals surface area contributed by atoms with Gasteiger partial charge >= 0.3 is 11.9 Å². The summed E-state index contributed by atoms with van der Waals surface area (Å²) in [5.74, 6) is -1.26. The molecule has 1 aromatic carbocycles. The Morgan fingerprint density at radius 2 is 1.78 bits per heavy atom. The van der Waals surface area contributed by atoms with Crippen LogP contribution in [0.4, 0.5) is 5.69 Å². The lowest BCUT2D eigenvalue weighted by Crippen LogP contribution is -2.34. The summed E-state index contributed by atoms with van der Waals surface area (Å²) in [6.45, 7) is 2.04. The second-order valence-electron chi connectivity index (χ2n) is 4.38. The molecule has 0 radical (unpaired) electrons. The lowest BCUT2D eigenvalue weighted by Gasteiger charge is -2.10. The Morgan fingerprint density at radius 3 is 2.35 bits per heavy atom. The first kappa shape index (κ1) is 18.6. The van der Waals surface area contributed by atoms with Crippen molar-refractivity contribution in [3.63, 3.8) is 0 Å². The number of rotatable bonds is 6. The van der Waals surface area contributed by atoms with E-state index < -0.39 is 17.8 Å². The van der Waals surface area contributed by atoms with Gasteiger partial charge in [-0.05, 0) is 43.4 Å². The Labute approximate surface area is 139 Å². The predicted molar refractivity (Wildman–Crippen MR) is 88.0 cm³/mol. The quantitative estimate of drug-likeness (QED) is 0.601. The third kappa shape index (κ3) is 6.88. The maximum atomic E-state index is 11.6. The van der Waals surface area contributed by atoms with E-state index in [-0.39, 0.29) is 18.0 Å². The number of benzene rings is 1. The second-order valence-corrected chi connectivity index (χ2v) is 4.78. The highest BCUT2D eigenvalue weighted by atomic mass is 32.1. The van der Waals surface area contributed by atoms with Crippen LogP contribution >= 0.6 is 12.2 Å². The number of methoxy groups -OCH3 is 1. The molecule has 0 aromatic heterocycles. The zero-order valence-electron chi connectivity index (χ0n) is 12.9. The molecule has 0 unspecified atom stereocenters. The molecule has 1 aromatic rings. The largest absolute Gasteiger partial charge is 0.469 e.